The molecule has 1 aromatic carbocycles. The molecule has 180 valence electrons. The summed E-state index contributed by atoms with van der Waals surface area (Å²) < 4.78 is 8.78. The molecule has 0 saturated carbocycles. The predicted molar refractivity (Wildman–Crippen MR) is 134 cm³/mol. The van der Waals surface area contributed by atoms with E-state index in [4.69, 9.17) is 4.42 Å². The first-order valence-corrected chi connectivity index (χ1v) is 12.1. The predicted octanol–water partition coefficient (Wildman–Crippen LogP) is 3.77. The molecule has 0 aliphatic heterocycles. The fraction of sp³-hybridized carbons (Fsp3) is 0.423. The van der Waals surface area contributed by atoms with Crippen molar-refractivity contribution in [1.82, 2.24) is 24.6 Å². The van der Waals surface area contributed by atoms with Crippen LogP contribution in [0.25, 0.3) is 21.8 Å². The Hall–Kier alpha value is -3.39. The molecule has 0 atom stereocenters. The van der Waals surface area contributed by atoms with Crippen molar-refractivity contribution >= 4 is 27.7 Å². The zero-order chi connectivity index (χ0) is 23.9. The number of amides is 1. The van der Waals surface area contributed by atoms with Crippen LogP contribution in [0.1, 0.15) is 38.9 Å². The van der Waals surface area contributed by atoms with Gasteiger partial charge in [0.1, 0.15) is 17.8 Å². The SMILES string of the molecule is CCCCN(CCNC(=O)Cn1ncc2c3ccccc3n(CCC)c2c1=O)Cc1ccco1. The minimum Gasteiger partial charge on any atom is -0.468 e. The lowest BCUT2D eigenvalue weighted by molar-refractivity contribution is -0.121. The van der Waals surface area contributed by atoms with Gasteiger partial charge in [0.2, 0.25) is 5.91 Å². The highest BCUT2D eigenvalue weighted by Crippen LogP contribution is 2.26. The minimum atomic E-state index is -0.236. The highest BCUT2D eigenvalue weighted by atomic mass is 16.3. The van der Waals surface area contributed by atoms with Crippen molar-refractivity contribution in [3.05, 3.63) is 65.0 Å². The van der Waals surface area contributed by atoms with Gasteiger partial charge in [-0.2, -0.15) is 5.10 Å². The molecule has 0 aliphatic rings. The van der Waals surface area contributed by atoms with Crippen molar-refractivity contribution < 1.29 is 9.21 Å². The van der Waals surface area contributed by atoms with Crippen molar-refractivity contribution in [3.8, 4) is 0 Å². The summed E-state index contributed by atoms with van der Waals surface area (Å²) in [5, 5.41) is 9.09. The molecule has 4 aromatic rings. The van der Waals surface area contributed by atoms with E-state index >= 15 is 0 Å². The number of nitrogens with one attached hydrogen (secondary N) is 1. The monoisotopic (exact) mass is 463 g/mol. The maximum Gasteiger partial charge on any atom is 0.291 e. The maximum absolute atomic E-state index is 13.3. The number of aromatic nitrogens is 3. The van der Waals surface area contributed by atoms with Gasteiger partial charge in [-0.1, -0.05) is 38.5 Å². The Balaban J connectivity index is 1.44. The molecule has 4 rings (SSSR count). The van der Waals surface area contributed by atoms with Crippen LogP contribution >= 0.6 is 0 Å². The molecule has 1 amide bonds. The average Bonchev–Trinajstić information content (AvgIpc) is 3.46. The van der Waals surface area contributed by atoms with Gasteiger partial charge in [-0.15, -0.1) is 0 Å². The molecule has 8 heteroatoms. The summed E-state index contributed by atoms with van der Waals surface area (Å²) in [5.74, 6) is 0.689. The zero-order valence-corrected chi connectivity index (χ0v) is 20.0. The topological polar surface area (TPSA) is 85.3 Å². The molecule has 3 heterocycles. The van der Waals surface area contributed by atoms with E-state index in [1.54, 1.807) is 12.5 Å². The number of carbonyl (C=O) groups excluding carboxylic acids is 1. The van der Waals surface area contributed by atoms with E-state index in [-0.39, 0.29) is 18.0 Å². The van der Waals surface area contributed by atoms with Gasteiger partial charge in [-0.25, -0.2) is 4.68 Å². The van der Waals surface area contributed by atoms with Crippen LogP contribution in [0.2, 0.25) is 0 Å². The van der Waals surface area contributed by atoms with E-state index < -0.39 is 0 Å². The second-order valence-electron chi connectivity index (χ2n) is 8.60. The largest absolute Gasteiger partial charge is 0.468 e. The van der Waals surface area contributed by atoms with Crippen LogP contribution in [-0.2, 0) is 24.4 Å². The lowest BCUT2D eigenvalue weighted by Crippen LogP contribution is -2.38. The Morgan fingerprint density at radius 1 is 1.09 bits per heavy atom. The van der Waals surface area contributed by atoms with Crippen LogP contribution in [0, 0.1) is 0 Å². The first-order chi connectivity index (χ1) is 16.6. The second-order valence-corrected chi connectivity index (χ2v) is 8.60. The number of nitrogens with zero attached hydrogens (tertiary/aromatic N) is 4. The van der Waals surface area contributed by atoms with E-state index in [0.29, 0.717) is 25.2 Å². The van der Waals surface area contributed by atoms with Gasteiger partial charge in [-0.3, -0.25) is 14.5 Å². The van der Waals surface area contributed by atoms with E-state index in [2.05, 4.69) is 29.2 Å². The Bertz CT molecular complexity index is 1290. The third-order valence-corrected chi connectivity index (χ3v) is 6.05. The Labute approximate surface area is 199 Å². The van der Waals surface area contributed by atoms with Crippen LogP contribution < -0.4 is 10.9 Å². The van der Waals surface area contributed by atoms with Gasteiger partial charge in [0.15, 0.2) is 0 Å². The number of hydrogen-bond acceptors (Lipinski definition) is 5. The number of para-hydroxylation sites is 1. The number of fused-ring (bicyclic) bond motifs is 3. The summed E-state index contributed by atoms with van der Waals surface area (Å²) in [4.78, 5) is 28.2. The van der Waals surface area contributed by atoms with E-state index in [1.807, 2.05) is 41.0 Å². The van der Waals surface area contributed by atoms with Crippen LogP contribution in [0.15, 0.2) is 58.1 Å². The van der Waals surface area contributed by atoms with Crippen LogP contribution in [0.3, 0.4) is 0 Å². The number of aryl methyl sites for hydroxylation is 1. The summed E-state index contributed by atoms with van der Waals surface area (Å²) in [6.45, 7) is 7.73. The van der Waals surface area contributed by atoms with Crippen LogP contribution in [-0.4, -0.2) is 44.8 Å². The fourth-order valence-electron chi connectivity index (χ4n) is 4.38. The third-order valence-electron chi connectivity index (χ3n) is 6.05. The average molecular weight is 464 g/mol. The summed E-state index contributed by atoms with van der Waals surface area (Å²) in [5.41, 5.74) is 1.39. The molecule has 0 bridgehead atoms. The zero-order valence-electron chi connectivity index (χ0n) is 20.0. The van der Waals surface area contributed by atoms with Crippen LogP contribution in [0.4, 0.5) is 0 Å². The Kier molecular flexibility index (Phi) is 7.80. The summed E-state index contributed by atoms with van der Waals surface area (Å²) in [6, 6.07) is 11.8. The molecule has 1 N–H and O–H groups in total. The van der Waals surface area contributed by atoms with Crippen LogP contribution in [0.5, 0.6) is 0 Å². The lowest BCUT2D eigenvalue weighted by atomic mass is 10.2. The summed E-state index contributed by atoms with van der Waals surface area (Å²) >= 11 is 0. The second kappa shape index (κ2) is 11.2. The van der Waals surface area contributed by atoms with Crippen molar-refractivity contribution in [2.24, 2.45) is 0 Å². The highest BCUT2D eigenvalue weighted by molar-refractivity contribution is 6.07. The molecule has 0 aliphatic carbocycles. The van der Waals surface area contributed by atoms with Gasteiger partial charge in [0.05, 0.1) is 19.0 Å². The van der Waals surface area contributed by atoms with Crippen molar-refractivity contribution in [2.75, 3.05) is 19.6 Å². The number of furan rings is 1. The van der Waals surface area contributed by atoms with Gasteiger partial charge in [0, 0.05) is 35.9 Å². The molecule has 0 saturated heterocycles. The van der Waals surface area contributed by atoms with Crippen molar-refractivity contribution in [3.63, 3.8) is 0 Å². The Morgan fingerprint density at radius 3 is 2.71 bits per heavy atom. The maximum atomic E-state index is 13.3. The third kappa shape index (κ3) is 5.22. The minimum absolute atomic E-state index is 0.102. The molecule has 0 radical (unpaired) electrons. The first kappa shape index (κ1) is 23.8. The smallest absolute Gasteiger partial charge is 0.291 e. The first-order valence-electron chi connectivity index (χ1n) is 12.1. The van der Waals surface area contributed by atoms with Crippen molar-refractivity contribution in [2.45, 2.75) is 52.7 Å². The number of rotatable bonds is 12. The van der Waals surface area contributed by atoms with E-state index in [9.17, 15) is 9.59 Å². The van der Waals surface area contributed by atoms with Gasteiger partial charge >= 0.3 is 0 Å². The van der Waals surface area contributed by atoms with E-state index in [0.717, 1.165) is 54.4 Å². The molecule has 0 fully saturated rings. The lowest BCUT2D eigenvalue weighted by Gasteiger charge is -2.21. The molecular formula is C26H33N5O3. The van der Waals surface area contributed by atoms with E-state index in [1.165, 1.54) is 4.68 Å². The van der Waals surface area contributed by atoms with Crippen molar-refractivity contribution in [1.29, 1.82) is 0 Å². The van der Waals surface area contributed by atoms with Gasteiger partial charge < -0.3 is 14.3 Å². The number of carbonyl (C=O) groups is 1. The molecule has 34 heavy (non-hydrogen) atoms. The number of hydrogen-bond donors (Lipinski definition) is 1. The number of benzene rings is 1. The van der Waals surface area contributed by atoms with Gasteiger partial charge in [-0.05, 0) is 37.6 Å². The summed E-state index contributed by atoms with van der Waals surface area (Å²) in [7, 11) is 0. The number of unbranched alkanes of at least 4 members (excludes halogenated alkanes) is 1. The Morgan fingerprint density at radius 2 is 1.94 bits per heavy atom. The highest BCUT2D eigenvalue weighted by Gasteiger charge is 2.16. The quantitative estimate of drug-likeness (QED) is 0.346. The normalized spacial score (nSPS) is 11.6. The molecule has 8 nitrogen and oxygen atoms in total. The standard InChI is InChI=1S/C26H33N5O3/c1-3-5-14-29(18-20-9-8-16-34-20)15-12-27-24(32)19-31-26(33)25-22(17-28-31)21-10-6-7-11-23(21)30(25)13-4-2/h6-11,16-17H,3-5,12-15,18-19H2,1-2H3,(H,27,32). The fourth-order valence-corrected chi connectivity index (χ4v) is 4.38. The molecule has 3 aromatic heterocycles. The van der Waals surface area contributed by atoms with Gasteiger partial charge in [0.25, 0.3) is 5.56 Å². The molecular weight excluding hydrogens is 430 g/mol. The summed E-state index contributed by atoms with van der Waals surface area (Å²) in [6.07, 6.45) is 6.47. The molecule has 0 spiro atoms. The molecule has 0 unspecified atom stereocenters.